The van der Waals surface area contributed by atoms with Crippen molar-refractivity contribution in [1.82, 2.24) is 0 Å². The second-order valence-corrected chi connectivity index (χ2v) is 6.39. The first kappa shape index (κ1) is 15.9. The molecule has 0 bridgehead atoms. The van der Waals surface area contributed by atoms with E-state index < -0.39 is 0 Å². The fourth-order valence-corrected chi connectivity index (χ4v) is 3.31. The summed E-state index contributed by atoms with van der Waals surface area (Å²) in [7, 11) is 1.70. The zero-order chi connectivity index (χ0) is 15.2. The minimum absolute atomic E-state index is 0.00495. The van der Waals surface area contributed by atoms with Crippen LogP contribution in [-0.2, 0) is 5.75 Å². The van der Waals surface area contributed by atoms with Gasteiger partial charge < -0.3 is 10.5 Å². The molecule has 21 heavy (non-hydrogen) atoms. The van der Waals surface area contributed by atoms with Crippen molar-refractivity contribution in [1.29, 1.82) is 0 Å². The Morgan fingerprint density at radius 2 is 1.86 bits per heavy atom. The molecule has 2 rings (SSSR count). The van der Waals surface area contributed by atoms with Crippen molar-refractivity contribution in [3.8, 4) is 5.75 Å². The lowest BCUT2D eigenvalue weighted by Gasteiger charge is -2.16. The lowest BCUT2D eigenvalue weighted by molar-refractivity contribution is 0.407. The van der Waals surface area contributed by atoms with E-state index in [9.17, 15) is 0 Å². The van der Waals surface area contributed by atoms with E-state index >= 15 is 0 Å². The highest BCUT2D eigenvalue weighted by Crippen LogP contribution is 2.28. The Bertz CT molecular complexity index is 598. The predicted molar refractivity (Wildman–Crippen MR) is 92.0 cm³/mol. The third-order valence-electron chi connectivity index (χ3n) is 3.43. The maximum Gasteiger partial charge on any atom is 0.123 e. The van der Waals surface area contributed by atoms with Gasteiger partial charge >= 0.3 is 0 Å². The molecular weight excluding hydrogens is 278 g/mol. The fourth-order valence-electron chi connectivity index (χ4n) is 2.34. The van der Waals surface area contributed by atoms with Crippen LogP contribution < -0.4 is 10.5 Å². The normalized spacial score (nSPS) is 12.2. The molecule has 1 atom stereocenters. The van der Waals surface area contributed by atoms with E-state index in [-0.39, 0.29) is 6.04 Å². The maximum absolute atomic E-state index is 6.33. The van der Waals surface area contributed by atoms with Crippen LogP contribution in [0.25, 0.3) is 0 Å². The Morgan fingerprint density at radius 3 is 2.57 bits per heavy atom. The van der Waals surface area contributed by atoms with Crippen LogP contribution in [0.2, 0.25) is 0 Å². The van der Waals surface area contributed by atoms with Gasteiger partial charge in [-0.1, -0.05) is 47.5 Å². The number of methoxy groups -OCH3 is 1. The van der Waals surface area contributed by atoms with E-state index in [4.69, 9.17) is 10.5 Å². The van der Waals surface area contributed by atoms with Crippen molar-refractivity contribution < 1.29 is 4.74 Å². The minimum atomic E-state index is -0.00495. The minimum Gasteiger partial charge on any atom is -0.496 e. The van der Waals surface area contributed by atoms with Crippen LogP contribution in [0.15, 0.2) is 42.5 Å². The molecule has 0 aliphatic rings. The molecule has 0 radical (unpaired) electrons. The standard InChI is InChI=1S/C18H23NOS/c1-13-5-4-6-15(9-13)11-21-12-17(19)16-10-14(2)7-8-18(16)20-3/h4-10,17H,11-12,19H2,1-3H3. The number of hydrogen-bond donors (Lipinski definition) is 1. The first-order chi connectivity index (χ1) is 10.1. The van der Waals surface area contributed by atoms with E-state index in [1.807, 2.05) is 17.8 Å². The number of benzene rings is 2. The van der Waals surface area contributed by atoms with E-state index in [0.717, 1.165) is 22.8 Å². The summed E-state index contributed by atoms with van der Waals surface area (Å²) in [6.45, 7) is 4.20. The molecule has 2 N–H and O–H groups in total. The van der Waals surface area contributed by atoms with Crippen LogP contribution in [0.3, 0.4) is 0 Å². The molecule has 0 heterocycles. The van der Waals surface area contributed by atoms with Crippen molar-refractivity contribution in [2.75, 3.05) is 12.9 Å². The Hall–Kier alpha value is -1.45. The Labute approximate surface area is 131 Å². The Kier molecular flexibility index (Phi) is 5.71. The average Bonchev–Trinajstić information content (AvgIpc) is 2.47. The molecule has 3 heteroatoms. The first-order valence-corrected chi connectivity index (χ1v) is 8.29. The number of aryl methyl sites for hydroxylation is 2. The number of hydrogen-bond acceptors (Lipinski definition) is 3. The van der Waals surface area contributed by atoms with Crippen molar-refractivity contribution >= 4 is 11.8 Å². The summed E-state index contributed by atoms with van der Waals surface area (Å²) in [5.74, 6) is 2.75. The highest BCUT2D eigenvalue weighted by atomic mass is 32.2. The first-order valence-electron chi connectivity index (χ1n) is 7.13. The molecule has 2 aromatic rings. The molecule has 0 aliphatic carbocycles. The van der Waals surface area contributed by atoms with Gasteiger partial charge in [0.05, 0.1) is 7.11 Å². The Morgan fingerprint density at radius 1 is 1.10 bits per heavy atom. The molecule has 0 saturated heterocycles. The van der Waals surface area contributed by atoms with Crippen LogP contribution in [-0.4, -0.2) is 12.9 Å². The Balaban J connectivity index is 1.95. The summed E-state index contributed by atoms with van der Waals surface area (Å²) in [6.07, 6.45) is 0. The highest BCUT2D eigenvalue weighted by molar-refractivity contribution is 7.98. The van der Waals surface area contributed by atoms with Gasteiger partial charge in [-0.3, -0.25) is 0 Å². The molecule has 0 aromatic heterocycles. The summed E-state index contributed by atoms with van der Waals surface area (Å²) >= 11 is 1.86. The summed E-state index contributed by atoms with van der Waals surface area (Å²) in [6, 6.07) is 14.8. The van der Waals surface area contributed by atoms with Crippen molar-refractivity contribution in [2.45, 2.75) is 25.6 Å². The van der Waals surface area contributed by atoms with Crippen LogP contribution in [0.5, 0.6) is 5.75 Å². The van der Waals surface area contributed by atoms with Gasteiger partial charge in [-0.05, 0) is 25.5 Å². The molecule has 0 fully saturated rings. The van der Waals surface area contributed by atoms with E-state index in [2.05, 4.69) is 50.2 Å². The lowest BCUT2D eigenvalue weighted by atomic mass is 10.1. The molecule has 0 saturated carbocycles. The number of rotatable bonds is 6. The van der Waals surface area contributed by atoms with Crippen LogP contribution in [0.4, 0.5) is 0 Å². The van der Waals surface area contributed by atoms with Crippen LogP contribution in [0, 0.1) is 13.8 Å². The zero-order valence-electron chi connectivity index (χ0n) is 12.9. The lowest BCUT2D eigenvalue weighted by Crippen LogP contribution is -2.14. The summed E-state index contributed by atoms with van der Waals surface area (Å²) < 4.78 is 5.41. The largest absolute Gasteiger partial charge is 0.496 e. The highest BCUT2D eigenvalue weighted by Gasteiger charge is 2.12. The smallest absolute Gasteiger partial charge is 0.123 e. The average molecular weight is 301 g/mol. The molecule has 1 unspecified atom stereocenters. The van der Waals surface area contributed by atoms with E-state index in [1.54, 1.807) is 7.11 Å². The summed E-state index contributed by atoms with van der Waals surface area (Å²) in [5, 5.41) is 0. The quantitative estimate of drug-likeness (QED) is 0.866. The SMILES string of the molecule is COc1ccc(C)cc1C(N)CSCc1cccc(C)c1. The van der Waals surface area contributed by atoms with Gasteiger partial charge in [-0.2, -0.15) is 11.8 Å². The van der Waals surface area contributed by atoms with E-state index in [0.29, 0.717) is 0 Å². The molecule has 2 nitrogen and oxygen atoms in total. The van der Waals surface area contributed by atoms with Gasteiger partial charge in [-0.25, -0.2) is 0 Å². The third-order valence-corrected chi connectivity index (χ3v) is 4.57. The summed E-state index contributed by atoms with van der Waals surface area (Å²) in [5.41, 5.74) is 11.3. The third kappa shape index (κ3) is 4.51. The van der Waals surface area contributed by atoms with E-state index in [1.165, 1.54) is 16.7 Å². The number of nitrogens with two attached hydrogens (primary N) is 1. The molecule has 0 amide bonds. The molecule has 112 valence electrons. The van der Waals surface area contributed by atoms with Crippen molar-refractivity contribution in [3.05, 3.63) is 64.7 Å². The topological polar surface area (TPSA) is 35.2 Å². The second kappa shape index (κ2) is 7.53. The van der Waals surface area contributed by atoms with Gasteiger partial charge in [-0.15, -0.1) is 0 Å². The van der Waals surface area contributed by atoms with Gasteiger partial charge in [0.15, 0.2) is 0 Å². The molecular formula is C18H23NOS. The van der Waals surface area contributed by atoms with Gasteiger partial charge in [0.25, 0.3) is 0 Å². The monoisotopic (exact) mass is 301 g/mol. The molecule has 2 aromatic carbocycles. The predicted octanol–water partition coefficient (Wildman–Crippen LogP) is 4.25. The van der Waals surface area contributed by atoms with Gasteiger partial charge in [0.1, 0.15) is 5.75 Å². The van der Waals surface area contributed by atoms with Crippen molar-refractivity contribution in [2.24, 2.45) is 5.73 Å². The maximum atomic E-state index is 6.33. The second-order valence-electron chi connectivity index (χ2n) is 5.36. The molecule has 0 aliphatic heterocycles. The fraction of sp³-hybridized carbons (Fsp3) is 0.333. The zero-order valence-corrected chi connectivity index (χ0v) is 13.7. The summed E-state index contributed by atoms with van der Waals surface area (Å²) in [4.78, 5) is 0. The molecule has 0 spiro atoms. The van der Waals surface area contributed by atoms with Crippen LogP contribution >= 0.6 is 11.8 Å². The van der Waals surface area contributed by atoms with Gasteiger partial charge in [0.2, 0.25) is 0 Å². The van der Waals surface area contributed by atoms with Crippen LogP contribution in [0.1, 0.15) is 28.3 Å². The number of ether oxygens (including phenoxy) is 1. The van der Waals surface area contributed by atoms with Crippen molar-refractivity contribution in [3.63, 3.8) is 0 Å². The van der Waals surface area contributed by atoms with Gasteiger partial charge in [0, 0.05) is 23.1 Å². The number of thioether (sulfide) groups is 1.